The molecule has 222 valence electrons. The summed E-state index contributed by atoms with van der Waals surface area (Å²) in [5.41, 5.74) is 0. The van der Waals surface area contributed by atoms with Crippen LogP contribution in [0.25, 0.3) is 0 Å². The van der Waals surface area contributed by atoms with E-state index < -0.39 is 111 Å². The molecule has 0 radical (unpaired) electrons. The van der Waals surface area contributed by atoms with Crippen molar-refractivity contribution in [2.45, 2.75) is 113 Å². The van der Waals surface area contributed by atoms with E-state index in [1.54, 1.807) is 6.92 Å². The van der Waals surface area contributed by atoms with Crippen LogP contribution in [0.4, 0.5) is 0 Å². The first-order valence-electron chi connectivity index (χ1n) is 12.4. The van der Waals surface area contributed by atoms with Crippen LogP contribution in [0.3, 0.4) is 0 Å². The maximum atomic E-state index is 12.1. The fourth-order valence-electron chi connectivity index (χ4n) is 4.69. The summed E-state index contributed by atoms with van der Waals surface area (Å²) in [6, 6.07) is -1.18. The molecule has 16 nitrogen and oxygen atoms in total. The highest BCUT2D eigenvalue weighted by Crippen LogP contribution is 2.33. The molecule has 0 aliphatic carbocycles. The second-order valence-electron chi connectivity index (χ2n) is 9.49. The molecule has 0 aromatic carbocycles. The van der Waals surface area contributed by atoms with Crippen molar-refractivity contribution in [2.75, 3.05) is 19.8 Å². The van der Waals surface area contributed by atoms with Crippen molar-refractivity contribution in [3.05, 3.63) is 0 Å². The molecule has 16 heteroatoms. The second kappa shape index (κ2) is 13.5. The van der Waals surface area contributed by atoms with Crippen LogP contribution >= 0.6 is 0 Å². The van der Waals surface area contributed by atoms with Gasteiger partial charge in [0.25, 0.3) is 0 Å². The van der Waals surface area contributed by atoms with Gasteiger partial charge in [0, 0.05) is 13.5 Å². The molecule has 3 rings (SSSR count). The zero-order chi connectivity index (χ0) is 28.3. The molecule has 1 unspecified atom stereocenters. The molecule has 0 aromatic heterocycles. The fourth-order valence-corrected chi connectivity index (χ4v) is 4.69. The highest BCUT2D eigenvalue weighted by Gasteiger charge is 2.54. The first kappa shape index (κ1) is 31.4. The summed E-state index contributed by atoms with van der Waals surface area (Å²) in [4.78, 5) is 12.1. The molecular weight excluding hydrogens is 518 g/mol. The number of carbonyl (C=O) groups is 1. The first-order valence-corrected chi connectivity index (χ1v) is 12.4. The van der Waals surface area contributed by atoms with E-state index >= 15 is 0 Å². The Kier molecular flexibility index (Phi) is 11.2. The number of hydrogen-bond donors (Lipinski definition) is 9. The number of aliphatic hydroxyl groups is 8. The van der Waals surface area contributed by atoms with Crippen molar-refractivity contribution in [1.29, 1.82) is 0 Å². The Morgan fingerprint density at radius 1 is 0.737 bits per heavy atom. The monoisotopic (exact) mass is 557 g/mol. The number of aliphatic hydroxyl groups excluding tert-OH is 8. The third kappa shape index (κ3) is 6.61. The van der Waals surface area contributed by atoms with Gasteiger partial charge in [-0.05, 0) is 13.8 Å². The molecule has 3 aliphatic heterocycles. The molecule has 0 bridgehead atoms. The van der Waals surface area contributed by atoms with Crippen LogP contribution in [-0.2, 0) is 33.2 Å². The van der Waals surface area contributed by atoms with E-state index in [2.05, 4.69) is 5.32 Å². The minimum atomic E-state index is -1.82. The van der Waals surface area contributed by atoms with Crippen LogP contribution < -0.4 is 5.32 Å². The van der Waals surface area contributed by atoms with E-state index in [9.17, 15) is 45.6 Å². The van der Waals surface area contributed by atoms with Gasteiger partial charge in [0.2, 0.25) is 5.91 Å². The molecule has 38 heavy (non-hydrogen) atoms. The van der Waals surface area contributed by atoms with Crippen LogP contribution in [0.15, 0.2) is 0 Å². The summed E-state index contributed by atoms with van der Waals surface area (Å²) < 4.78 is 34.2. The summed E-state index contributed by atoms with van der Waals surface area (Å²) in [6.07, 6.45) is -20.8. The van der Waals surface area contributed by atoms with Crippen molar-refractivity contribution in [1.82, 2.24) is 5.32 Å². The summed E-state index contributed by atoms with van der Waals surface area (Å²) >= 11 is 0. The van der Waals surface area contributed by atoms with E-state index in [4.69, 9.17) is 28.4 Å². The van der Waals surface area contributed by atoms with Gasteiger partial charge in [0.05, 0.1) is 19.3 Å². The second-order valence-corrected chi connectivity index (χ2v) is 9.49. The number of hydrogen-bond acceptors (Lipinski definition) is 15. The maximum absolute atomic E-state index is 12.1. The van der Waals surface area contributed by atoms with E-state index in [1.807, 2.05) is 0 Å². The van der Waals surface area contributed by atoms with Crippen molar-refractivity contribution in [3.8, 4) is 0 Å². The Morgan fingerprint density at radius 2 is 1.26 bits per heavy atom. The predicted molar refractivity (Wildman–Crippen MR) is 121 cm³/mol. The Hall–Kier alpha value is -1.09. The Bertz CT molecular complexity index is 760. The summed E-state index contributed by atoms with van der Waals surface area (Å²) in [5, 5.41) is 83.9. The lowest BCUT2D eigenvalue weighted by Gasteiger charge is -2.50. The largest absolute Gasteiger partial charge is 0.394 e. The lowest BCUT2D eigenvalue weighted by Crippen LogP contribution is -2.69. The zero-order valence-electron chi connectivity index (χ0n) is 21.2. The number of amides is 1. The van der Waals surface area contributed by atoms with Crippen molar-refractivity contribution >= 4 is 5.91 Å². The van der Waals surface area contributed by atoms with Gasteiger partial charge in [0.15, 0.2) is 18.9 Å². The van der Waals surface area contributed by atoms with Crippen LogP contribution in [-0.4, -0.2) is 159 Å². The molecule has 0 spiro atoms. The van der Waals surface area contributed by atoms with Crippen molar-refractivity contribution < 1.29 is 74.1 Å². The predicted octanol–water partition coefficient (Wildman–Crippen LogP) is -5.36. The highest BCUT2D eigenvalue weighted by atomic mass is 16.8. The first-order chi connectivity index (χ1) is 17.9. The molecule has 3 heterocycles. The van der Waals surface area contributed by atoms with Gasteiger partial charge in [-0.15, -0.1) is 0 Å². The summed E-state index contributed by atoms with van der Waals surface area (Å²) in [5.74, 6) is -0.548. The van der Waals surface area contributed by atoms with Crippen LogP contribution in [0.2, 0.25) is 0 Å². The van der Waals surface area contributed by atoms with E-state index in [1.165, 1.54) is 13.8 Å². The van der Waals surface area contributed by atoms with Gasteiger partial charge in [-0.3, -0.25) is 4.79 Å². The zero-order valence-corrected chi connectivity index (χ0v) is 21.2. The molecule has 15 atom stereocenters. The van der Waals surface area contributed by atoms with E-state index in [-0.39, 0.29) is 6.61 Å². The fraction of sp³-hybridized carbons (Fsp3) is 0.955. The molecular formula is C22H39NO15. The van der Waals surface area contributed by atoms with Gasteiger partial charge >= 0.3 is 0 Å². The molecule has 0 saturated carbocycles. The molecule has 9 N–H and O–H groups in total. The van der Waals surface area contributed by atoms with E-state index in [0.717, 1.165) is 0 Å². The molecule has 3 saturated heterocycles. The van der Waals surface area contributed by atoms with Crippen LogP contribution in [0.5, 0.6) is 0 Å². The standard InChI is InChI=1S/C22H39NO15/c1-4-33-20-11(23-8(3)26)19(38-22-17(32)15(30)13(28)9(5-24)35-22)18(10(6-25)36-20)37-21-16(31)14(29)12(27)7(2)34-21/h7,9-22,24-25,27-32H,4-6H2,1-3H3,(H,23,26)/t7-,9+,10+,11?,12+,13-,14+,15-,16-,17+,18+,19+,20+,21-,22-/m0/s1. The SMILES string of the molecule is CCO[C@@H]1O[C@H](CO)[C@@H](O[C@@H]2O[C@@H](C)[C@@H](O)[C@@H](O)[C@@H]2O)[C@H](O[C@@H]2O[C@H](CO)[C@H](O)[C@H](O)[C@H]2O)C1NC(C)=O. The third-order valence-corrected chi connectivity index (χ3v) is 6.77. The molecule has 3 aliphatic rings. The lowest BCUT2D eigenvalue weighted by molar-refractivity contribution is -0.373. The average molecular weight is 558 g/mol. The van der Waals surface area contributed by atoms with Gasteiger partial charge in [-0.1, -0.05) is 0 Å². The van der Waals surface area contributed by atoms with Crippen LogP contribution in [0.1, 0.15) is 20.8 Å². The summed E-state index contributed by atoms with van der Waals surface area (Å²) in [6.45, 7) is 3.00. The normalized spacial score (nSPS) is 48.0. The molecule has 0 aromatic rings. The third-order valence-electron chi connectivity index (χ3n) is 6.77. The maximum Gasteiger partial charge on any atom is 0.217 e. The van der Waals surface area contributed by atoms with Gasteiger partial charge in [0.1, 0.15) is 67.1 Å². The summed E-state index contributed by atoms with van der Waals surface area (Å²) in [7, 11) is 0. The van der Waals surface area contributed by atoms with Gasteiger partial charge in [-0.25, -0.2) is 0 Å². The van der Waals surface area contributed by atoms with Crippen molar-refractivity contribution in [3.63, 3.8) is 0 Å². The van der Waals surface area contributed by atoms with E-state index in [0.29, 0.717) is 0 Å². The van der Waals surface area contributed by atoms with Gasteiger partial charge in [-0.2, -0.15) is 0 Å². The Labute approximate surface area is 218 Å². The van der Waals surface area contributed by atoms with Crippen molar-refractivity contribution in [2.24, 2.45) is 0 Å². The highest BCUT2D eigenvalue weighted by molar-refractivity contribution is 5.73. The number of ether oxygens (including phenoxy) is 6. The smallest absolute Gasteiger partial charge is 0.217 e. The minimum Gasteiger partial charge on any atom is -0.394 e. The quantitative estimate of drug-likeness (QED) is 0.128. The number of nitrogens with one attached hydrogen (secondary N) is 1. The topological polar surface area (TPSA) is 246 Å². The van der Waals surface area contributed by atoms with Crippen LogP contribution in [0, 0.1) is 0 Å². The molecule has 1 amide bonds. The van der Waals surface area contributed by atoms with Gasteiger partial charge < -0.3 is 74.6 Å². The minimum absolute atomic E-state index is 0.114. The Balaban J connectivity index is 1.97. The Morgan fingerprint density at radius 3 is 1.82 bits per heavy atom. The lowest BCUT2D eigenvalue weighted by atomic mass is 9.94. The number of carbonyl (C=O) groups excluding carboxylic acids is 1. The number of rotatable bonds is 9. The molecule has 3 fully saturated rings. The average Bonchev–Trinajstić information content (AvgIpc) is 2.88.